The topological polar surface area (TPSA) is 98.7 Å². The zero-order valence-electron chi connectivity index (χ0n) is 17.6. The van der Waals surface area contributed by atoms with Crippen molar-refractivity contribution >= 4 is 27.3 Å². The molecular weight excluding hydrogens is 402 g/mol. The molecule has 1 heterocycles. The summed E-state index contributed by atoms with van der Waals surface area (Å²) in [6.45, 7) is 7.73. The maximum absolute atomic E-state index is 12.9. The number of fused-ring (bicyclic) bond motifs is 1. The van der Waals surface area contributed by atoms with E-state index in [1.54, 1.807) is 50.2 Å². The van der Waals surface area contributed by atoms with Crippen molar-refractivity contribution < 1.29 is 18.3 Å². The van der Waals surface area contributed by atoms with Crippen LogP contribution in [0.4, 0.5) is 11.4 Å². The highest BCUT2D eigenvalue weighted by atomic mass is 32.2. The van der Waals surface area contributed by atoms with Crippen LogP contribution in [-0.4, -0.2) is 44.0 Å². The SMILES string of the molecule is CCN1CCc2ccc(S(=O)(=O)Nc3cccc(NC(=O)C(C)(C)CO)c3)cc2C1. The standard InChI is InChI=1S/C22H29N3O4S/c1-4-25-11-10-16-8-9-20(12-17(16)14-25)30(28,29)24-19-7-5-6-18(13-19)23-21(27)22(2,3)15-26/h5-9,12-13,24,26H,4,10-11,14-15H2,1-3H3,(H,23,27). The Labute approximate surface area is 178 Å². The van der Waals surface area contributed by atoms with Gasteiger partial charge < -0.3 is 10.4 Å². The third-order valence-corrected chi connectivity index (χ3v) is 6.79. The molecule has 0 radical (unpaired) electrons. The summed E-state index contributed by atoms with van der Waals surface area (Å²) in [5.74, 6) is -0.347. The average molecular weight is 432 g/mol. The van der Waals surface area contributed by atoms with Gasteiger partial charge in [-0.25, -0.2) is 8.42 Å². The number of benzene rings is 2. The summed E-state index contributed by atoms with van der Waals surface area (Å²) in [4.78, 5) is 14.8. The highest BCUT2D eigenvalue weighted by Crippen LogP contribution is 2.25. The van der Waals surface area contributed by atoms with Crippen LogP contribution in [0.25, 0.3) is 0 Å². The maximum atomic E-state index is 12.9. The molecule has 1 amide bonds. The smallest absolute Gasteiger partial charge is 0.261 e. The van der Waals surface area contributed by atoms with Crippen molar-refractivity contribution in [3.05, 3.63) is 53.6 Å². The van der Waals surface area contributed by atoms with Gasteiger partial charge in [0.05, 0.1) is 22.6 Å². The number of sulfonamides is 1. The molecule has 30 heavy (non-hydrogen) atoms. The molecule has 1 aliphatic heterocycles. The second-order valence-electron chi connectivity index (χ2n) is 8.23. The van der Waals surface area contributed by atoms with Crippen molar-refractivity contribution in [3.63, 3.8) is 0 Å². The quantitative estimate of drug-likeness (QED) is 0.626. The van der Waals surface area contributed by atoms with E-state index in [2.05, 4.69) is 21.9 Å². The number of aliphatic hydroxyl groups excluding tert-OH is 1. The van der Waals surface area contributed by atoms with Gasteiger partial charge in [0.1, 0.15) is 0 Å². The van der Waals surface area contributed by atoms with Gasteiger partial charge in [0.15, 0.2) is 0 Å². The fourth-order valence-electron chi connectivity index (χ4n) is 3.28. The minimum Gasteiger partial charge on any atom is -0.395 e. The molecule has 0 atom stereocenters. The van der Waals surface area contributed by atoms with Gasteiger partial charge >= 0.3 is 0 Å². The lowest BCUT2D eigenvalue weighted by Crippen LogP contribution is -2.33. The minimum absolute atomic E-state index is 0.218. The summed E-state index contributed by atoms with van der Waals surface area (Å²) >= 11 is 0. The molecule has 1 aliphatic rings. The predicted molar refractivity (Wildman–Crippen MR) is 118 cm³/mol. The molecule has 7 nitrogen and oxygen atoms in total. The maximum Gasteiger partial charge on any atom is 0.261 e. The van der Waals surface area contributed by atoms with Crippen molar-refractivity contribution in [2.75, 3.05) is 29.7 Å². The Bertz CT molecular complexity index is 1030. The monoisotopic (exact) mass is 431 g/mol. The number of carbonyl (C=O) groups excluding carboxylic acids is 1. The zero-order chi connectivity index (χ0) is 21.9. The van der Waals surface area contributed by atoms with Crippen LogP contribution in [0, 0.1) is 5.41 Å². The van der Waals surface area contributed by atoms with Crippen molar-refractivity contribution in [3.8, 4) is 0 Å². The lowest BCUT2D eigenvalue weighted by atomic mass is 9.93. The number of hydrogen-bond donors (Lipinski definition) is 3. The van der Waals surface area contributed by atoms with Crippen LogP contribution in [0.1, 0.15) is 31.9 Å². The molecule has 0 spiro atoms. The van der Waals surface area contributed by atoms with Crippen LogP contribution in [0.15, 0.2) is 47.4 Å². The minimum atomic E-state index is -3.77. The fraction of sp³-hybridized carbons (Fsp3) is 0.409. The number of hydrogen-bond acceptors (Lipinski definition) is 5. The van der Waals surface area contributed by atoms with Crippen LogP contribution < -0.4 is 10.0 Å². The Kier molecular flexibility index (Phi) is 6.50. The molecule has 162 valence electrons. The highest BCUT2D eigenvalue weighted by Gasteiger charge is 2.27. The first kappa shape index (κ1) is 22.3. The Hall–Kier alpha value is -2.42. The van der Waals surface area contributed by atoms with Crippen molar-refractivity contribution in [1.82, 2.24) is 4.90 Å². The molecule has 0 saturated carbocycles. The molecular formula is C22H29N3O4S. The largest absolute Gasteiger partial charge is 0.395 e. The lowest BCUT2D eigenvalue weighted by molar-refractivity contribution is -0.125. The molecule has 0 aromatic heterocycles. The summed E-state index contributed by atoms with van der Waals surface area (Å²) in [5.41, 5.74) is 2.09. The average Bonchev–Trinajstić information content (AvgIpc) is 2.72. The second-order valence-corrected chi connectivity index (χ2v) is 9.91. The first-order chi connectivity index (χ1) is 14.1. The summed E-state index contributed by atoms with van der Waals surface area (Å²) < 4.78 is 28.5. The van der Waals surface area contributed by atoms with Crippen molar-refractivity contribution in [2.24, 2.45) is 5.41 Å². The first-order valence-electron chi connectivity index (χ1n) is 10.0. The Morgan fingerprint density at radius 1 is 1.13 bits per heavy atom. The number of nitrogens with one attached hydrogen (secondary N) is 2. The van der Waals surface area contributed by atoms with Crippen LogP contribution in [0.2, 0.25) is 0 Å². The molecule has 2 aromatic carbocycles. The number of carbonyl (C=O) groups is 1. The Morgan fingerprint density at radius 3 is 2.57 bits per heavy atom. The van der Waals surface area contributed by atoms with Crippen LogP contribution in [-0.2, 0) is 27.8 Å². The number of rotatable bonds is 7. The second kappa shape index (κ2) is 8.75. The van der Waals surface area contributed by atoms with E-state index in [4.69, 9.17) is 0 Å². The van der Waals surface area contributed by atoms with E-state index in [0.717, 1.165) is 31.6 Å². The van der Waals surface area contributed by atoms with E-state index in [-0.39, 0.29) is 17.4 Å². The molecule has 3 rings (SSSR count). The summed E-state index contributed by atoms with van der Waals surface area (Å²) in [6.07, 6.45) is 0.920. The van der Waals surface area contributed by atoms with Gasteiger partial charge in [0.25, 0.3) is 10.0 Å². The van der Waals surface area contributed by atoms with E-state index in [0.29, 0.717) is 11.4 Å². The van der Waals surface area contributed by atoms with E-state index < -0.39 is 15.4 Å². The molecule has 0 unspecified atom stereocenters. The lowest BCUT2D eigenvalue weighted by Gasteiger charge is -2.27. The summed E-state index contributed by atoms with van der Waals surface area (Å²) in [7, 11) is -3.77. The number of nitrogens with zero attached hydrogens (tertiary/aromatic N) is 1. The molecule has 0 bridgehead atoms. The zero-order valence-corrected chi connectivity index (χ0v) is 18.4. The first-order valence-corrected chi connectivity index (χ1v) is 11.5. The molecule has 2 aromatic rings. The van der Waals surface area contributed by atoms with Gasteiger partial charge in [-0.05, 0) is 68.3 Å². The number of anilines is 2. The molecule has 8 heteroatoms. The fourth-order valence-corrected chi connectivity index (χ4v) is 4.38. The number of aliphatic hydroxyl groups is 1. The highest BCUT2D eigenvalue weighted by molar-refractivity contribution is 7.92. The normalized spacial score (nSPS) is 14.8. The van der Waals surface area contributed by atoms with Crippen LogP contribution >= 0.6 is 0 Å². The van der Waals surface area contributed by atoms with Gasteiger partial charge in [0, 0.05) is 18.8 Å². The van der Waals surface area contributed by atoms with Crippen LogP contribution in [0.3, 0.4) is 0 Å². The van der Waals surface area contributed by atoms with Crippen LogP contribution in [0.5, 0.6) is 0 Å². The third kappa shape index (κ3) is 5.00. The molecule has 0 aliphatic carbocycles. The van der Waals surface area contributed by atoms with Gasteiger partial charge in [-0.1, -0.05) is 19.1 Å². The summed E-state index contributed by atoms with van der Waals surface area (Å²) in [5, 5.41) is 12.0. The van der Waals surface area contributed by atoms with Gasteiger partial charge in [-0.2, -0.15) is 0 Å². The van der Waals surface area contributed by atoms with E-state index in [1.807, 2.05) is 6.07 Å². The molecule has 3 N–H and O–H groups in total. The Morgan fingerprint density at radius 2 is 1.87 bits per heavy atom. The van der Waals surface area contributed by atoms with Gasteiger partial charge in [-0.15, -0.1) is 0 Å². The predicted octanol–water partition coefficient (Wildman–Crippen LogP) is 2.82. The summed E-state index contributed by atoms with van der Waals surface area (Å²) in [6, 6.07) is 11.8. The van der Waals surface area contributed by atoms with E-state index in [9.17, 15) is 18.3 Å². The molecule has 0 fully saturated rings. The van der Waals surface area contributed by atoms with E-state index in [1.165, 1.54) is 5.56 Å². The van der Waals surface area contributed by atoms with Crippen molar-refractivity contribution in [2.45, 2.75) is 38.6 Å². The van der Waals surface area contributed by atoms with Gasteiger partial charge in [-0.3, -0.25) is 14.4 Å². The number of likely N-dealkylation sites (N-methyl/N-ethyl adjacent to an activating group) is 1. The van der Waals surface area contributed by atoms with Gasteiger partial charge in [0.2, 0.25) is 5.91 Å². The Balaban J connectivity index is 1.78. The third-order valence-electron chi connectivity index (χ3n) is 5.41. The van der Waals surface area contributed by atoms with Crippen molar-refractivity contribution in [1.29, 1.82) is 0 Å². The molecule has 0 saturated heterocycles. The number of amides is 1. The van der Waals surface area contributed by atoms with E-state index >= 15 is 0 Å².